The first-order chi connectivity index (χ1) is 8.20. The molecular weight excluding hydrogens is 258 g/mol. The van der Waals surface area contributed by atoms with Crippen molar-refractivity contribution in [3.8, 4) is 0 Å². The van der Waals surface area contributed by atoms with Crippen LogP contribution in [0.4, 0.5) is 5.69 Å². The normalized spacial score (nSPS) is 10.2. The molecule has 0 atom stereocenters. The van der Waals surface area contributed by atoms with Crippen molar-refractivity contribution in [2.45, 2.75) is 13.5 Å². The van der Waals surface area contributed by atoms with Gasteiger partial charge in [-0.25, -0.2) is 4.68 Å². The number of thioether (sulfide) groups is 1. The largest absolute Gasteiger partial charge is 0.382 e. The summed E-state index contributed by atoms with van der Waals surface area (Å²) in [5.41, 5.74) is 0.346. The van der Waals surface area contributed by atoms with Crippen LogP contribution in [0.5, 0.6) is 0 Å². The van der Waals surface area contributed by atoms with Crippen LogP contribution in [0.3, 0.4) is 0 Å². The third-order valence-electron chi connectivity index (χ3n) is 2.08. The molecule has 0 spiro atoms. The molecule has 0 radical (unpaired) electrons. The maximum absolute atomic E-state index is 11.7. The van der Waals surface area contributed by atoms with Gasteiger partial charge in [0.2, 0.25) is 0 Å². The van der Waals surface area contributed by atoms with Crippen LogP contribution in [0.25, 0.3) is 0 Å². The van der Waals surface area contributed by atoms with Crippen LogP contribution in [-0.4, -0.2) is 27.8 Å². The number of hydrogen-bond acceptors (Lipinski definition) is 4. The number of aryl methyl sites for hydroxylation is 1. The molecule has 94 valence electrons. The van der Waals surface area contributed by atoms with E-state index < -0.39 is 0 Å². The second-order valence-corrected chi connectivity index (χ2v) is 4.81. The molecule has 1 N–H and O–H groups in total. The summed E-state index contributed by atoms with van der Waals surface area (Å²) >= 11 is 7.72. The molecule has 0 fully saturated rings. The van der Waals surface area contributed by atoms with E-state index in [1.807, 2.05) is 13.0 Å². The number of rotatable bonds is 7. The highest BCUT2D eigenvalue weighted by atomic mass is 35.5. The smallest absolute Gasteiger partial charge is 0.287 e. The Hall–Kier alpha value is -0.940. The quantitative estimate of drug-likeness (QED) is 0.611. The van der Waals surface area contributed by atoms with Crippen LogP contribution < -0.4 is 10.9 Å². The standard InChI is InChI=1S/C11H16ClN3OS/c1-3-6-17-7-5-13-9-8-14-15(4-2)11(16)10(9)12/h3,8,13H,1,4-7H2,2H3. The van der Waals surface area contributed by atoms with E-state index in [0.29, 0.717) is 12.2 Å². The van der Waals surface area contributed by atoms with Gasteiger partial charge in [-0.15, -0.1) is 6.58 Å². The van der Waals surface area contributed by atoms with Crippen molar-refractivity contribution in [1.29, 1.82) is 0 Å². The van der Waals surface area contributed by atoms with Crippen LogP contribution >= 0.6 is 23.4 Å². The topological polar surface area (TPSA) is 46.9 Å². The highest BCUT2D eigenvalue weighted by molar-refractivity contribution is 7.99. The van der Waals surface area contributed by atoms with Crippen molar-refractivity contribution in [2.75, 3.05) is 23.4 Å². The summed E-state index contributed by atoms with van der Waals surface area (Å²) in [6.45, 7) is 6.76. The molecule has 0 aromatic carbocycles. The third kappa shape index (κ3) is 4.09. The number of hydrogen-bond donors (Lipinski definition) is 1. The Labute approximate surface area is 110 Å². The average molecular weight is 274 g/mol. The van der Waals surface area contributed by atoms with Gasteiger partial charge in [0.05, 0.1) is 11.9 Å². The maximum atomic E-state index is 11.7. The maximum Gasteiger partial charge on any atom is 0.287 e. The first-order valence-electron chi connectivity index (χ1n) is 5.38. The van der Waals surface area contributed by atoms with Gasteiger partial charge in [0.15, 0.2) is 0 Å². The van der Waals surface area contributed by atoms with Crippen LogP contribution in [0, 0.1) is 0 Å². The van der Waals surface area contributed by atoms with Crippen molar-refractivity contribution in [1.82, 2.24) is 9.78 Å². The first kappa shape index (κ1) is 14.1. The van der Waals surface area contributed by atoms with Gasteiger partial charge in [0, 0.05) is 24.6 Å². The van der Waals surface area contributed by atoms with E-state index in [4.69, 9.17) is 11.6 Å². The molecule has 4 nitrogen and oxygen atoms in total. The van der Waals surface area contributed by atoms with E-state index >= 15 is 0 Å². The lowest BCUT2D eigenvalue weighted by molar-refractivity contribution is 0.616. The lowest BCUT2D eigenvalue weighted by atomic mass is 10.4. The van der Waals surface area contributed by atoms with Crippen LogP contribution in [0.15, 0.2) is 23.6 Å². The van der Waals surface area contributed by atoms with E-state index in [2.05, 4.69) is 17.0 Å². The van der Waals surface area contributed by atoms with E-state index in [1.54, 1.807) is 18.0 Å². The summed E-state index contributed by atoms with van der Waals surface area (Å²) in [5.74, 6) is 1.85. The lowest BCUT2D eigenvalue weighted by Crippen LogP contribution is -2.23. The van der Waals surface area contributed by atoms with Gasteiger partial charge < -0.3 is 5.32 Å². The summed E-state index contributed by atoms with van der Waals surface area (Å²) in [6.07, 6.45) is 3.45. The fraction of sp³-hybridized carbons (Fsp3) is 0.455. The third-order valence-corrected chi connectivity index (χ3v) is 3.41. The van der Waals surface area contributed by atoms with E-state index in [1.165, 1.54) is 4.68 Å². The number of nitrogens with one attached hydrogen (secondary N) is 1. The predicted molar refractivity (Wildman–Crippen MR) is 75.2 cm³/mol. The minimum Gasteiger partial charge on any atom is -0.382 e. The Morgan fingerprint density at radius 3 is 3.12 bits per heavy atom. The predicted octanol–water partition coefficient (Wildman–Crippen LogP) is 2.25. The fourth-order valence-electron chi connectivity index (χ4n) is 1.24. The van der Waals surface area contributed by atoms with Gasteiger partial charge in [-0.05, 0) is 6.92 Å². The zero-order chi connectivity index (χ0) is 12.7. The summed E-state index contributed by atoms with van der Waals surface area (Å²) < 4.78 is 1.33. The Morgan fingerprint density at radius 1 is 1.71 bits per heavy atom. The molecule has 1 aromatic rings. The molecule has 0 aliphatic carbocycles. The molecule has 17 heavy (non-hydrogen) atoms. The van der Waals surface area contributed by atoms with E-state index in [9.17, 15) is 4.79 Å². The van der Waals surface area contributed by atoms with Crippen molar-refractivity contribution in [3.63, 3.8) is 0 Å². The number of nitrogens with zero attached hydrogens (tertiary/aromatic N) is 2. The summed E-state index contributed by atoms with van der Waals surface area (Å²) in [4.78, 5) is 11.7. The molecule has 0 unspecified atom stereocenters. The van der Waals surface area contributed by atoms with Gasteiger partial charge >= 0.3 is 0 Å². The molecule has 1 heterocycles. The SMILES string of the molecule is C=CCSCCNc1cnn(CC)c(=O)c1Cl. The molecular formula is C11H16ClN3OS. The lowest BCUT2D eigenvalue weighted by Gasteiger charge is -2.08. The monoisotopic (exact) mass is 273 g/mol. The molecule has 0 aliphatic rings. The Kier molecular flexibility index (Phi) is 6.15. The second-order valence-electron chi connectivity index (χ2n) is 3.28. The molecule has 0 saturated heterocycles. The van der Waals surface area contributed by atoms with Gasteiger partial charge in [-0.2, -0.15) is 16.9 Å². The van der Waals surface area contributed by atoms with E-state index in [-0.39, 0.29) is 10.6 Å². The molecule has 0 aliphatic heterocycles. The first-order valence-corrected chi connectivity index (χ1v) is 6.92. The average Bonchev–Trinajstić information content (AvgIpc) is 2.34. The van der Waals surface area contributed by atoms with E-state index in [0.717, 1.165) is 18.1 Å². The Morgan fingerprint density at radius 2 is 2.47 bits per heavy atom. The van der Waals surface area contributed by atoms with Crippen LogP contribution in [0.1, 0.15) is 6.92 Å². The van der Waals surface area contributed by atoms with Crippen molar-refractivity contribution in [3.05, 3.63) is 34.2 Å². The summed E-state index contributed by atoms with van der Waals surface area (Å²) in [5, 5.41) is 7.31. The number of anilines is 1. The van der Waals surface area contributed by atoms with Crippen molar-refractivity contribution in [2.24, 2.45) is 0 Å². The van der Waals surface area contributed by atoms with Crippen molar-refractivity contribution < 1.29 is 0 Å². The zero-order valence-corrected chi connectivity index (χ0v) is 11.4. The van der Waals surface area contributed by atoms with Crippen LogP contribution in [0.2, 0.25) is 5.02 Å². The molecule has 0 bridgehead atoms. The van der Waals surface area contributed by atoms with Gasteiger partial charge in [0.1, 0.15) is 5.02 Å². The summed E-state index contributed by atoms with van der Waals surface area (Å²) in [7, 11) is 0. The Bertz CT molecular complexity index is 433. The van der Waals surface area contributed by atoms with Gasteiger partial charge in [-0.3, -0.25) is 4.79 Å². The molecule has 0 saturated carbocycles. The van der Waals surface area contributed by atoms with Crippen molar-refractivity contribution >= 4 is 29.1 Å². The molecule has 1 rings (SSSR count). The highest BCUT2D eigenvalue weighted by Crippen LogP contribution is 2.15. The number of halogens is 1. The molecule has 1 aromatic heterocycles. The highest BCUT2D eigenvalue weighted by Gasteiger charge is 2.07. The molecule has 6 heteroatoms. The zero-order valence-electron chi connectivity index (χ0n) is 9.78. The minimum atomic E-state index is -0.252. The van der Waals surface area contributed by atoms with Gasteiger partial charge in [0.25, 0.3) is 5.56 Å². The Balaban J connectivity index is 2.57. The van der Waals surface area contributed by atoms with Crippen LogP contribution in [-0.2, 0) is 6.54 Å². The molecule has 0 amide bonds. The second kappa shape index (κ2) is 7.40. The fourth-order valence-corrected chi connectivity index (χ4v) is 2.03. The summed E-state index contributed by atoms with van der Waals surface area (Å²) in [6, 6.07) is 0. The van der Waals surface area contributed by atoms with Gasteiger partial charge in [-0.1, -0.05) is 17.7 Å². The minimum absolute atomic E-state index is 0.204. The number of aromatic nitrogens is 2.